The van der Waals surface area contributed by atoms with Gasteiger partial charge in [-0.3, -0.25) is 0 Å². The highest BCUT2D eigenvalue weighted by atomic mass is 79.9. The number of hydrogen-bond acceptors (Lipinski definition) is 4. The van der Waals surface area contributed by atoms with Crippen molar-refractivity contribution in [1.29, 1.82) is 5.26 Å². The molecule has 0 fully saturated rings. The van der Waals surface area contributed by atoms with E-state index in [2.05, 4.69) is 25.7 Å². The summed E-state index contributed by atoms with van der Waals surface area (Å²) in [7, 11) is 0. The van der Waals surface area contributed by atoms with Crippen LogP contribution >= 0.6 is 15.9 Å². The summed E-state index contributed by atoms with van der Waals surface area (Å²) in [6, 6.07) is 2.96. The molecule has 1 heterocycles. The van der Waals surface area contributed by atoms with Gasteiger partial charge in [-0.1, -0.05) is 15.9 Å². The Balaban J connectivity index is 3.37. The fraction of sp³-hybridized carbons (Fsp3) is 0.364. The molecule has 0 N–H and O–H groups in total. The number of halogens is 3. The number of aromatic nitrogens is 1. The van der Waals surface area contributed by atoms with Crippen molar-refractivity contribution in [1.82, 2.24) is 4.98 Å². The van der Waals surface area contributed by atoms with Gasteiger partial charge in [-0.05, 0) is 18.6 Å². The van der Waals surface area contributed by atoms with E-state index in [9.17, 15) is 13.6 Å². The van der Waals surface area contributed by atoms with Gasteiger partial charge < -0.3 is 4.74 Å². The average molecular weight is 319 g/mol. The van der Waals surface area contributed by atoms with Crippen LogP contribution in [-0.2, 0) is 10.1 Å². The van der Waals surface area contributed by atoms with Crippen LogP contribution in [-0.4, -0.2) is 17.6 Å². The van der Waals surface area contributed by atoms with E-state index in [1.165, 1.54) is 6.07 Å². The number of esters is 1. The second-order valence-corrected chi connectivity index (χ2v) is 3.76. The van der Waals surface area contributed by atoms with Crippen molar-refractivity contribution in [2.45, 2.75) is 18.7 Å². The van der Waals surface area contributed by atoms with Crippen LogP contribution in [0.3, 0.4) is 0 Å². The van der Waals surface area contributed by atoms with Crippen LogP contribution in [0.2, 0.25) is 0 Å². The Morgan fingerprint density at radius 3 is 2.78 bits per heavy atom. The molecular weight excluding hydrogens is 310 g/mol. The van der Waals surface area contributed by atoms with Gasteiger partial charge in [-0.15, -0.1) is 0 Å². The molecule has 7 heteroatoms. The van der Waals surface area contributed by atoms with Crippen LogP contribution in [0.5, 0.6) is 0 Å². The molecule has 1 aromatic rings. The van der Waals surface area contributed by atoms with Gasteiger partial charge in [0.05, 0.1) is 12.2 Å². The van der Waals surface area contributed by atoms with Crippen LogP contribution in [0.25, 0.3) is 0 Å². The first kappa shape index (κ1) is 14.5. The maximum atomic E-state index is 12.8. The van der Waals surface area contributed by atoms with Gasteiger partial charge in [-0.2, -0.15) is 5.26 Å². The monoisotopic (exact) mass is 318 g/mol. The summed E-state index contributed by atoms with van der Waals surface area (Å²) in [5.74, 6) is -0.878. The van der Waals surface area contributed by atoms with E-state index < -0.39 is 18.1 Å². The first-order valence-corrected chi connectivity index (χ1v) is 6.12. The third-order valence-corrected chi connectivity index (χ3v) is 2.68. The molecule has 0 amide bonds. The zero-order chi connectivity index (χ0) is 13.7. The summed E-state index contributed by atoms with van der Waals surface area (Å²) in [4.78, 5) is 15.1. The molecule has 0 bridgehead atoms. The molecule has 0 aliphatic carbocycles. The van der Waals surface area contributed by atoms with E-state index >= 15 is 0 Å². The third-order valence-electron chi connectivity index (χ3n) is 2.07. The predicted molar refractivity (Wildman–Crippen MR) is 62.5 cm³/mol. The SMILES string of the molecule is CCOC(=O)c1nc(C(F)F)c(CBr)cc1C#N. The standard InChI is InChI=1S/C11H9BrF2N2O2/c1-2-18-11(17)9-7(5-15)3-6(4-12)8(16-9)10(13)14/h3,10H,2,4H2,1H3. The smallest absolute Gasteiger partial charge is 0.358 e. The van der Waals surface area contributed by atoms with Gasteiger partial charge in [0.2, 0.25) is 0 Å². The molecule has 1 aromatic heterocycles. The number of alkyl halides is 3. The molecule has 0 saturated heterocycles. The van der Waals surface area contributed by atoms with Gasteiger partial charge >= 0.3 is 5.97 Å². The number of pyridine rings is 1. The molecule has 0 atom stereocenters. The van der Waals surface area contributed by atoms with Gasteiger partial charge in [0.25, 0.3) is 6.43 Å². The number of carbonyl (C=O) groups excluding carboxylic acids is 1. The van der Waals surface area contributed by atoms with Crippen LogP contribution in [0.15, 0.2) is 6.07 Å². The van der Waals surface area contributed by atoms with Crippen molar-refractivity contribution in [3.05, 3.63) is 28.6 Å². The molecule has 0 saturated carbocycles. The van der Waals surface area contributed by atoms with E-state index in [0.29, 0.717) is 0 Å². The Morgan fingerprint density at radius 2 is 2.33 bits per heavy atom. The number of ether oxygens (including phenoxy) is 1. The molecular formula is C11H9BrF2N2O2. The fourth-order valence-corrected chi connectivity index (χ4v) is 1.75. The minimum Gasteiger partial charge on any atom is -0.461 e. The molecule has 18 heavy (non-hydrogen) atoms. The van der Waals surface area contributed by atoms with Gasteiger partial charge in [0.15, 0.2) is 5.69 Å². The number of carbonyl (C=O) groups is 1. The van der Waals surface area contributed by atoms with E-state index in [1.807, 2.05) is 0 Å². The van der Waals surface area contributed by atoms with Crippen molar-refractivity contribution in [3.8, 4) is 6.07 Å². The molecule has 1 rings (SSSR count). The predicted octanol–water partition coefficient (Wildman–Crippen LogP) is 2.96. The summed E-state index contributed by atoms with van der Waals surface area (Å²) in [5, 5.41) is 9.01. The molecule has 96 valence electrons. The van der Waals surface area contributed by atoms with E-state index in [0.717, 1.165) is 0 Å². The average Bonchev–Trinajstić information content (AvgIpc) is 2.37. The number of nitriles is 1. The quantitative estimate of drug-likeness (QED) is 0.632. The van der Waals surface area contributed by atoms with Crippen LogP contribution in [0.1, 0.15) is 40.7 Å². The Morgan fingerprint density at radius 1 is 1.67 bits per heavy atom. The van der Waals surface area contributed by atoms with E-state index in [-0.39, 0.29) is 28.8 Å². The molecule has 0 aromatic carbocycles. The first-order chi connectivity index (χ1) is 8.54. The lowest BCUT2D eigenvalue weighted by molar-refractivity contribution is 0.0517. The number of nitrogens with zero attached hydrogens (tertiary/aromatic N) is 2. The van der Waals surface area contributed by atoms with Crippen molar-refractivity contribution in [2.75, 3.05) is 6.61 Å². The van der Waals surface area contributed by atoms with Gasteiger partial charge in [0.1, 0.15) is 11.8 Å². The summed E-state index contributed by atoms with van der Waals surface area (Å²) in [6.45, 7) is 1.65. The van der Waals surface area contributed by atoms with Crippen LogP contribution < -0.4 is 0 Å². The lowest BCUT2D eigenvalue weighted by Crippen LogP contribution is -2.13. The first-order valence-electron chi connectivity index (χ1n) is 5.00. The van der Waals surface area contributed by atoms with E-state index in [4.69, 9.17) is 5.26 Å². The van der Waals surface area contributed by atoms with Crippen LogP contribution in [0.4, 0.5) is 8.78 Å². The van der Waals surface area contributed by atoms with Crippen LogP contribution in [0, 0.1) is 11.3 Å². The Labute approximate surface area is 111 Å². The van der Waals surface area contributed by atoms with Gasteiger partial charge in [0, 0.05) is 5.33 Å². The fourth-order valence-electron chi connectivity index (χ4n) is 1.31. The number of hydrogen-bond donors (Lipinski definition) is 0. The summed E-state index contributed by atoms with van der Waals surface area (Å²) in [5.41, 5.74) is -0.796. The Kier molecular flexibility index (Phi) is 5.16. The van der Waals surface area contributed by atoms with Crippen molar-refractivity contribution < 1.29 is 18.3 Å². The second kappa shape index (κ2) is 6.40. The van der Waals surface area contributed by atoms with Crippen molar-refractivity contribution in [2.24, 2.45) is 0 Å². The highest BCUT2D eigenvalue weighted by Gasteiger charge is 2.22. The van der Waals surface area contributed by atoms with Crippen molar-refractivity contribution >= 4 is 21.9 Å². The second-order valence-electron chi connectivity index (χ2n) is 3.20. The van der Waals surface area contributed by atoms with E-state index in [1.54, 1.807) is 13.0 Å². The highest BCUT2D eigenvalue weighted by Crippen LogP contribution is 2.25. The largest absolute Gasteiger partial charge is 0.461 e. The number of rotatable bonds is 4. The maximum absolute atomic E-state index is 12.8. The Bertz CT molecular complexity index is 501. The summed E-state index contributed by atoms with van der Waals surface area (Å²) in [6.07, 6.45) is -2.82. The Hall–Kier alpha value is -1.55. The molecule has 0 spiro atoms. The zero-order valence-corrected chi connectivity index (χ0v) is 11.0. The molecule has 0 aliphatic rings. The highest BCUT2D eigenvalue weighted by molar-refractivity contribution is 9.08. The minimum atomic E-state index is -2.82. The van der Waals surface area contributed by atoms with Crippen molar-refractivity contribution in [3.63, 3.8) is 0 Å². The lowest BCUT2D eigenvalue weighted by atomic mass is 10.1. The lowest BCUT2D eigenvalue weighted by Gasteiger charge is -2.09. The molecule has 4 nitrogen and oxygen atoms in total. The normalized spacial score (nSPS) is 10.2. The summed E-state index contributed by atoms with van der Waals surface area (Å²) >= 11 is 3.03. The van der Waals surface area contributed by atoms with Gasteiger partial charge in [-0.25, -0.2) is 18.6 Å². The maximum Gasteiger partial charge on any atom is 0.358 e. The summed E-state index contributed by atoms with van der Waals surface area (Å²) < 4.78 is 30.2. The third kappa shape index (κ3) is 3.01. The zero-order valence-electron chi connectivity index (χ0n) is 9.41. The minimum absolute atomic E-state index is 0.0766. The molecule has 0 radical (unpaired) electrons. The molecule has 0 unspecified atom stereocenters. The topological polar surface area (TPSA) is 63.0 Å². The molecule has 0 aliphatic heterocycles.